The van der Waals surface area contributed by atoms with Crippen LogP contribution in [0.25, 0.3) is 0 Å². The molecule has 0 saturated carbocycles. The van der Waals surface area contributed by atoms with E-state index in [2.05, 4.69) is 4.98 Å². The number of carbonyl (C=O) groups is 1. The smallest absolute Gasteiger partial charge is 0.256 e. The molecule has 0 bridgehead atoms. The van der Waals surface area contributed by atoms with Crippen molar-refractivity contribution in [3.05, 3.63) is 53.3 Å². The lowest BCUT2D eigenvalue weighted by Gasteiger charge is -2.37. The van der Waals surface area contributed by atoms with Crippen LogP contribution in [0.15, 0.2) is 41.4 Å². The van der Waals surface area contributed by atoms with E-state index in [-0.39, 0.29) is 35.7 Å². The number of benzene rings is 1. The molecule has 2 aliphatic rings. The molecule has 1 atom stereocenters. The molecule has 9 heteroatoms. The lowest BCUT2D eigenvalue weighted by molar-refractivity contribution is 0.0628. The van der Waals surface area contributed by atoms with Crippen molar-refractivity contribution >= 4 is 15.9 Å². The van der Waals surface area contributed by atoms with Crippen LogP contribution in [0.1, 0.15) is 27.7 Å². The molecule has 0 aliphatic carbocycles. The number of piperazine rings is 1. The van der Waals surface area contributed by atoms with Gasteiger partial charge in [-0.05, 0) is 30.7 Å². The fraction of sp³-hybridized carbons (Fsp3) is 0.333. The van der Waals surface area contributed by atoms with Gasteiger partial charge in [0.25, 0.3) is 5.91 Å². The highest BCUT2D eigenvalue weighted by molar-refractivity contribution is 7.89. The molecule has 1 amide bonds. The standard InChI is InChI=1S/C18H18FN3O4S/c1-12-17-15(5-6-20-12)16-10-21(7-8-22(16)18(17)23)27(24,25)14-4-2-3-13(9-14)26-11-19/h2-6,9,16H,7-8,10-11H2,1H3. The second-order valence-electron chi connectivity index (χ2n) is 6.47. The minimum absolute atomic E-state index is 0.0392. The molecule has 27 heavy (non-hydrogen) atoms. The number of aryl methyl sites for hydroxylation is 1. The van der Waals surface area contributed by atoms with Crippen LogP contribution < -0.4 is 4.74 Å². The Morgan fingerprint density at radius 3 is 2.89 bits per heavy atom. The van der Waals surface area contributed by atoms with Gasteiger partial charge in [0.15, 0.2) is 0 Å². The number of nitrogens with zero attached hydrogens (tertiary/aromatic N) is 3. The number of ether oxygens (including phenoxy) is 1. The molecule has 1 saturated heterocycles. The van der Waals surface area contributed by atoms with Gasteiger partial charge in [-0.15, -0.1) is 0 Å². The van der Waals surface area contributed by atoms with E-state index in [1.54, 1.807) is 24.1 Å². The summed E-state index contributed by atoms with van der Waals surface area (Å²) in [4.78, 5) is 18.6. The Kier molecular flexibility index (Phi) is 4.35. The predicted octanol–water partition coefficient (Wildman–Crippen LogP) is 1.90. The quantitative estimate of drug-likeness (QED) is 0.795. The monoisotopic (exact) mass is 391 g/mol. The number of sulfonamides is 1. The number of amides is 1. The second-order valence-corrected chi connectivity index (χ2v) is 8.40. The first-order valence-electron chi connectivity index (χ1n) is 8.49. The van der Waals surface area contributed by atoms with Gasteiger partial charge in [-0.2, -0.15) is 4.31 Å². The molecule has 7 nitrogen and oxygen atoms in total. The Morgan fingerprint density at radius 1 is 1.30 bits per heavy atom. The maximum Gasteiger partial charge on any atom is 0.256 e. The number of rotatable bonds is 4. The van der Waals surface area contributed by atoms with Crippen LogP contribution in [0.5, 0.6) is 5.75 Å². The van der Waals surface area contributed by atoms with Crippen LogP contribution in [-0.2, 0) is 10.0 Å². The lowest BCUT2D eigenvalue weighted by atomic mass is 10.0. The third kappa shape index (κ3) is 2.87. The molecule has 2 aliphatic heterocycles. The number of hydrogen-bond acceptors (Lipinski definition) is 5. The summed E-state index contributed by atoms with van der Waals surface area (Å²) in [6.45, 7) is 1.41. The minimum Gasteiger partial charge on any atom is -0.463 e. The van der Waals surface area contributed by atoms with Crippen LogP contribution in [0.2, 0.25) is 0 Å². The van der Waals surface area contributed by atoms with Crippen molar-refractivity contribution in [3.8, 4) is 5.75 Å². The zero-order chi connectivity index (χ0) is 19.2. The van der Waals surface area contributed by atoms with Crippen LogP contribution in [0.4, 0.5) is 4.39 Å². The molecule has 4 rings (SSSR count). The predicted molar refractivity (Wildman–Crippen MR) is 94.6 cm³/mol. The van der Waals surface area contributed by atoms with Crippen molar-refractivity contribution in [1.29, 1.82) is 0 Å². The molecule has 3 heterocycles. The van der Waals surface area contributed by atoms with Crippen molar-refractivity contribution in [1.82, 2.24) is 14.2 Å². The number of fused-ring (bicyclic) bond motifs is 3. The number of aromatic nitrogens is 1. The molecule has 0 spiro atoms. The van der Waals surface area contributed by atoms with E-state index < -0.39 is 16.9 Å². The Bertz CT molecular complexity index is 1010. The highest BCUT2D eigenvalue weighted by Crippen LogP contribution is 2.38. The summed E-state index contributed by atoms with van der Waals surface area (Å²) in [5.74, 6) is 0.0521. The summed E-state index contributed by atoms with van der Waals surface area (Å²) < 4.78 is 44.6. The first kappa shape index (κ1) is 17.9. The van der Waals surface area contributed by atoms with Crippen molar-refractivity contribution in [2.45, 2.75) is 17.9 Å². The van der Waals surface area contributed by atoms with Crippen molar-refractivity contribution < 1.29 is 22.3 Å². The molecule has 142 valence electrons. The van der Waals surface area contributed by atoms with Crippen molar-refractivity contribution in [2.75, 3.05) is 26.5 Å². The first-order chi connectivity index (χ1) is 12.9. The van der Waals surface area contributed by atoms with Crippen LogP contribution in [-0.4, -0.2) is 55.0 Å². The molecule has 0 radical (unpaired) electrons. The first-order valence-corrected chi connectivity index (χ1v) is 9.93. The Balaban J connectivity index is 1.65. The average Bonchev–Trinajstić information content (AvgIpc) is 2.95. The van der Waals surface area contributed by atoms with E-state index in [0.717, 1.165) is 5.56 Å². The maximum atomic E-state index is 13.1. The largest absolute Gasteiger partial charge is 0.463 e. The summed E-state index contributed by atoms with van der Waals surface area (Å²) in [7, 11) is -3.79. The number of carbonyl (C=O) groups excluding carboxylic acids is 1. The van der Waals surface area contributed by atoms with E-state index in [0.29, 0.717) is 17.8 Å². The summed E-state index contributed by atoms with van der Waals surface area (Å²) in [6.07, 6.45) is 1.64. The molecular formula is C18H18FN3O4S. The van der Waals surface area contributed by atoms with Gasteiger partial charge < -0.3 is 9.64 Å². The van der Waals surface area contributed by atoms with E-state index in [1.807, 2.05) is 0 Å². The van der Waals surface area contributed by atoms with E-state index in [4.69, 9.17) is 4.74 Å². The topological polar surface area (TPSA) is 79.8 Å². The maximum absolute atomic E-state index is 13.1. The van der Waals surface area contributed by atoms with Crippen LogP contribution >= 0.6 is 0 Å². The molecule has 1 aromatic carbocycles. The van der Waals surface area contributed by atoms with Gasteiger partial charge in [-0.1, -0.05) is 6.07 Å². The Hall–Kier alpha value is -2.52. The van der Waals surface area contributed by atoms with E-state index >= 15 is 0 Å². The normalized spacial score (nSPS) is 19.7. The van der Waals surface area contributed by atoms with Gasteiger partial charge in [0, 0.05) is 31.9 Å². The summed E-state index contributed by atoms with van der Waals surface area (Å²) in [5.41, 5.74) is 2.03. The van der Waals surface area contributed by atoms with Crippen molar-refractivity contribution in [2.24, 2.45) is 0 Å². The number of hydrogen-bond donors (Lipinski definition) is 0. The van der Waals surface area contributed by atoms with E-state index in [9.17, 15) is 17.6 Å². The highest BCUT2D eigenvalue weighted by atomic mass is 32.2. The second kappa shape index (κ2) is 6.58. The molecule has 2 aromatic rings. The van der Waals surface area contributed by atoms with Gasteiger partial charge in [0.05, 0.1) is 22.2 Å². The molecule has 1 aromatic heterocycles. The third-order valence-corrected chi connectivity index (χ3v) is 6.88. The number of halogens is 1. The van der Waals surface area contributed by atoms with Crippen LogP contribution in [0.3, 0.4) is 0 Å². The van der Waals surface area contributed by atoms with Gasteiger partial charge >= 0.3 is 0 Å². The molecule has 1 fully saturated rings. The molecule has 1 unspecified atom stereocenters. The van der Waals surface area contributed by atoms with Gasteiger partial charge in [0.1, 0.15) is 5.75 Å². The third-order valence-electron chi connectivity index (χ3n) is 5.01. The van der Waals surface area contributed by atoms with Crippen LogP contribution in [0, 0.1) is 6.92 Å². The fourth-order valence-corrected chi connectivity index (χ4v) is 5.18. The molecular weight excluding hydrogens is 373 g/mol. The van der Waals surface area contributed by atoms with Gasteiger partial charge in [-0.25, -0.2) is 12.8 Å². The van der Waals surface area contributed by atoms with Crippen molar-refractivity contribution in [3.63, 3.8) is 0 Å². The number of pyridine rings is 1. The SMILES string of the molecule is Cc1nccc2c1C(=O)N1CCN(S(=O)(=O)c3cccc(OCF)c3)CC21. The highest BCUT2D eigenvalue weighted by Gasteiger charge is 2.44. The Morgan fingerprint density at radius 2 is 2.11 bits per heavy atom. The van der Waals surface area contributed by atoms with E-state index in [1.165, 1.54) is 28.6 Å². The zero-order valence-electron chi connectivity index (χ0n) is 14.6. The average molecular weight is 391 g/mol. The fourth-order valence-electron chi connectivity index (χ4n) is 3.71. The molecule has 0 N–H and O–H groups in total. The summed E-state index contributed by atoms with van der Waals surface area (Å²) >= 11 is 0. The Labute approximate surface area is 156 Å². The zero-order valence-corrected chi connectivity index (χ0v) is 15.4. The summed E-state index contributed by atoms with van der Waals surface area (Å²) in [6, 6.07) is 7.22. The summed E-state index contributed by atoms with van der Waals surface area (Å²) in [5, 5.41) is 0. The lowest BCUT2D eigenvalue weighted by Crippen LogP contribution is -2.49. The van der Waals surface area contributed by atoms with Gasteiger partial charge in [0.2, 0.25) is 16.9 Å². The number of alkyl halides is 1. The minimum atomic E-state index is -3.79. The van der Waals surface area contributed by atoms with Gasteiger partial charge in [-0.3, -0.25) is 9.78 Å².